The van der Waals surface area contributed by atoms with E-state index in [1.807, 2.05) is 0 Å². The molecule has 4 rings (SSSR count). The highest BCUT2D eigenvalue weighted by atomic mass is 19.1. The minimum atomic E-state index is -0.452. The first-order valence-electron chi connectivity index (χ1n) is 7.66. The molecule has 0 fully saturated rings. The largest absolute Gasteiger partial charge is 0.385 e. The third-order valence-electron chi connectivity index (χ3n) is 4.48. The van der Waals surface area contributed by atoms with E-state index in [2.05, 4.69) is 10.4 Å². The third kappa shape index (κ3) is 2.28. The van der Waals surface area contributed by atoms with Gasteiger partial charge in [-0.2, -0.15) is 9.78 Å². The van der Waals surface area contributed by atoms with Crippen LogP contribution in [0.4, 0.5) is 15.9 Å². The SMILES string of the molecule is Nc1c2c(nn1C(=O)C1CCNc3ccc(F)cc31)CCOC2. The number of carbonyl (C=O) groups excluding carboxylic acids is 1. The topological polar surface area (TPSA) is 82.2 Å². The molecule has 2 aliphatic rings. The van der Waals surface area contributed by atoms with Crippen molar-refractivity contribution in [3.8, 4) is 0 Å². The Morgan fingerprint density at radius 3 is 3.17 bits per heavy atom. The molecule has 3 heterocycles. The Morgan fingerprint density at radius 2 is 2.35 bits per heavy atom. The lowest BCUT2D eigenvalue weighted by Gasteiger charge is -2.25. The van der Waals surface area contributed by atoms with Gasteiger partial charge in [-0.05, 0) is 30.2 Å². The smallest absolute Gasteiger partial charge is 0.256 e. The number of fused-ring (bicyclic) bond motifs is 2. The summed E-state index contributed by atoms with van der Waals surface area (Å²) in [7, 11) is 0. The van der Waals surface area contributed by atoms with Gasteiger partial charge in [0, 0.05) is 24.2 Å². The van der Waals surface area contributed by atoms with Crippen molar-refractivity contribution in [3.63, 3.8) is 0 Å². The van der Waals surface area contributed by atoms with Crippen molar-refractivity contribution in [3.05, 3.63) is 40.8 Å². The molecule has 0 saturated heterocycles. The molecule has 1 aromatic carbocycles. The number of halogens is 1. The molecular formula is C16H17FN4O2. The Bertz CT molecular complexity index is 787. The Morgan fingerprint density at radius 1 is 1.48 bits per heavy atom. The number of hydrogen-bond acceptors (Lipinski definition) is 5. The minimum Gasteiger partial charge on any atom is -0.385 e. The maximum Gasteiger partial charge on any atom is 0.256 e. The summed E-state index contributed by atoms with van der Waals surface area (Å²) in [6.07, 6.45) is 1.23. The summed E-state index contributed by atoms with van der Waals surface area (Å²) >= 11 is 0. The van der Waals surface area contributed by atoms with Crippen molar-refractivity contribution in [2.24, 2.45) is 0 Å². The molecule has 2 aliphatic heterocycles. The van der Waals surface area contributed by atoms with Gasteiger partial charge in [0.2, 0.25) is 0 Å². The van der Waals surface area contributed by atoms with E-state index in [1.165, 1.54) is 16.8 Å². The van der Waals surface area contributed by atoms with Gasteiger partial charge in [0.15, 0.2) is 0 Å². The van der Waals surface area contributed by atoms with E-state index in [4.69, 9.17) is 10.5 Å². The number of aromatic nitrogens is 2. The van der Waals surface area contributed by atoms with Crippen LogP contribution in [0, 0.1) is 5.82 Å². The van der Waals surface area contributed by atoms with Gasteiger partial charge < -0.3 is 15.8 Å². The van der Waals surface area contributed by atoms with Crippen LogP contribution in [0.15, 0.2) is 18.2 Å². The van der Waals surface area contributed by atoms with Crippen LogP contribution < -0.4 is 11.1 Å². The maximum atomic E-state index is 13.6. The molecular weight excluding hydrogens is 299 g/mol. The number of nitrogens with two attached hydrogens (primary N) is 1. The lowest BCUT2D eigenvalue weighted by Crippen LogP contribution is -2.28. The predicted octanol–water partition coefficient (Wildman–Crippen LogP) is 1.92. The van der Waals surface area contributed by atoms with Gasteiger partial charge in [-0.1, -0.05) is 0 Å². The summed E-state index contributed by atoms with van der Waals surface area (Å²) in [5.41, 5.74) is 9.14. The first kappa shape index (κ1) is 14.2. The van der Waals surface area contributed by atoms with Crippen molar-refractivity contribution < 1.29 is 13.9 Å². The molecule has 0 amide bonds. The number of benzene rings is 1. The second-order valence-corrected chi connectivity index (χ2v) is 5.86. The fourth-order valence-corrected chi connectivity index (χ4v) is 3.27. The van der Waals surface area contributed by atoms with Gasteiger partial charge in [-0.3, -0.25) is 4.79 Å². The number of nitrogens with one attached hydrogen (secondary N) is 1. The minimum absolute atomic E-state index is 0.217. The summed E-state index contributed by atoms with van der Waals surface area (Å²) < 4.78 is 20.2. The molecule has 0 bridgehead atoms. The Balaban J connectivity index is 1.74. The summed E-state index contributed by atoms with van der Waals surface area (Å²) in [6.45, 7) is 1.62. The predicted molar refractivity (Wildman–Crippen MR) is 82.9 cm³/mol. The summed E-state index contributed by atoms with van der Waals surface area (Å²) in [5, 5.41) is 7.56. The first-order chi connectivity index (χ1) is 11.1. The molecule has 1 atom stereocenters. The summed E-state index contributed by atoms with van der Waals surface area (Å²) in [6, 6.07) is 4.46. The highest BCUT2D eigenvalue weighted by Crippen LogP contribution is 2.34. The van der Waals surface area contributed by atoms with E-state index in [0.717, 1.165) is 16.9 Å². The number of ether oxygens (including phenoxy) is 1. The van der Waals surface area contributed by atoms with E-state index >= 15 is 0 Å². The molecule has 2 aromatic rings. The molecule has 3 N–H and O–H groups in total. The van der Waals surface area contributed by atoms with Crippen LogP contribution in [0.2, 0.25) is 0 Å². The first-order valence-corrected chi connectivity index (χ1v) is 7.66. The maximum absolute atomic E-state index is 13.6. The zero-order chi connectivity index (χ0) is 16.0. The zero-order valence-electron chi connectivity index (χ0n) is 12.5. The van der Waals surface area contributed by atoms with Gasteiger partial charge in [-0.25, -0.2) is 4.39 Å². The highest BCUT2D eigenvalue weighted by molar-refractivity contribution is 5.90. The monoisotopic (exact) mass is 316 g/mol. The molecule has 6 nitrogen and oxygen atoms in total. The molecule has 1 unspecified atom stereocenters. The number of anilines is 2. The number of carbonyl (C=O) groups is 1. The van der Waals surface area contributed by atoms with Crippen LogP contribution in [0.25, 0.3) is 0 Å². The van der Waals surface area contributed by atoms with Gasteiger partial charge >= 0.3 is 0 Å². The molecule has 7 heteroatoms. The molecule has 0 radical (unpaired) electrons. The molecule has 120 valence electrons. The lowest BCUT2D eigenvalue weighted by atomic mass is 9.90. The normalized spacial score (nSPS) is 19.6. The second-order valence-electron chi connectivity index (χ2n) is 5.86. The Kier molecular flexibility index (Phi) is 3.30. The zero-order valence-corrected chi connectivity index (χ0v) is 12.5. The van der Waals surface area contributed by atoms with Crippen LogP contribution in [0.3, 0.4) is 0 Å². The van der Waals surface area contributed by atoms with E-state index in [1.54, 1.807) is 6.07 Å². The van der Waals surface area contributed by atoms with Crippen LogP contribution in [0.5, 0.6) is 0 Å². The summed E-state index contributed by atoms with van der Waals surface area (Å²) in [5.74, 6) is -0.690. The Labute approximate surface area is 132 Å². The molecule has 1 aromatic heterocycles. The number of hydrogen-bond donors (Lipinski definition) is 2. The van der Waals surface area contributed by atoms with E-state index in [0.29, 0.717) is 44.0 Å². The quantitative estimate of drug-likeness (QED) is 0.840. The molecule has 0 spiro atoms. The number of nitrogens with zero attached hydrogens (tertiary/aromatic N) is 2. The van der Waals surface area contributed by atoms with E-state index < -0.39 is 5.92 Å². The highest BCUT2D eigenvalue weighted by Gasteiger charge is 2.31. The fraction of sp³-hybridized carbons (Fsp3) is 0.375. The Hall–Kier alpha value is -2.41. The van der Waals surface area contributed by atoms with Gasteiger partial charge in [0.25, 0.3) is 5.91 Å². The average molecular weight is 316 g/mol. The number of rotatable bonds is 1. The van der Waals surface area contributed by atoms with Crippen molar-refractivity contribution in [1.82, 2.24) is 9.78 Å². The van der Waals surface area contributed by atoms with Crippen LogP contribution >= 0.6 is 0 Å². The van der Waals surface area contributed by atoms with Crippen molar-refractivity contribution in [1.29, 1.82) is 0 Å². The van der Waals surface area contributed by atoms with Gasteiger partial charge in [-0.15, -0.1) is 0 Å². The number of nitrogen functional groups attached to an aromatic ring is 1. The standard InChI is InChI=1S/C16H17FN4O2/c17-9-1-2-13-11(7-9)10(3-5-19-13)16(22)21-15(18)12-8-23-6-4-14(12)20-21/h1-2,7,10,19H,3-6,8,18H2. The van der Waals surface area contributed by atoms with Gasteiger partial charge in [0.1, 0.15) is 11.6 Å². The average Bonchev–Trinajstić information content (AvgIpc) is 2.91. The van der Waals surface area contributed by atoms with Crippen molar-refractivity contribution >= 4 is 17.4 Å². The third-order valence-corrected chi connectivity index (χ3v) is 4.48. The molecule has 0 saturated carbocycles. The van der Waals surface area contributed by atoms with Gasteiger partial charge in [0.05, 0.1) is 24.8 Å². The van der Waals surface area contributed by atoms with Crippen molar-refractivity contribution in [2.75, 3.05) is 24.2 Å². The van der Waals surface area contributed by atoms with E-state index in [9.17, 15) is 9.18 Å². The second kappa shape index (κ2) is 5.34. The van der Waals surface area contributed by atoms with Crippen molar-refractivity contribution in [2.45, 2.75) is 25.4 Å². The van der Waals surface area contributed by atoms with E-state index in [-0.39, 0.29) is 11.7 Å². The molecule has 0 aliphatic carbocycles. The van der Waals surface area contributed by atoms with Crippen LogP contribution in [0.1, 0.15) is 34.0 Å². The fourth-order valence-electron chi connectivity index (χ4n) is 3.27. The van der Waals surface area contributed by atoms with Crippen LogP contribution in [-0.4, -0.2) is 28.8 Å². The summed E-state index contributed by atoms with van der Waals surface area (Å²) in [4.78, 5) is 12.9. The molecule has 23 heavy (non-hydrogen) atoms. The lowest BCUT2D eigenvalue weighted by molar-refractivity contribution is 0.0859. The van der Waals surface area contributed by atoms with Crippen LogP contribution in [-0.2, 0) is 17.8 Å².